The smallest absolute Gasteiger partial charge is 0.243 e. The van der Waals surface area contributed by atoms with Crippen LogP contribution in [0.2, 0.25) is 0 Å². The van der Waals surface area contributed by atoms with Crippen molar-refractivity contribution in [3.63, 3.8) is 0 Å². The summed E-state index contributed by atoms with van der Waals surface area (Å²) in [5.74, 6) is 0.731. The molecule has 1 aromatic rings. The van der Waals surface area contributed by atoms with Crippen molar-refractivity contribution in [2.45, 2.75) is 56.0 Å². The molecule has 0 bridgehead atoms. The Morgan fingerprint density at radius 1 is 1.24 bits per heavy atom. The Hall–Kier alpha value is -0.920. The molecule has 2 aliphatic carbocycles. The molecule has 2 saturated carbocycles. The Kier molecular flexibility index (Phi) is 4.61. The second-order valence-corrected chi connectivity index (χ2v) is 7.92. The molecule has 0 radical (unpaired) electrons. The molecule has 0 saturated heterocycles. The molecule has 2 N–H and O–H groups in total. The average Bonchev–Trinajstić information content (AvgIpc) is 3.36. The van der Waals surface area contributed by atoms with Crippen LogP contribution in [0.3, 0.4) is 0 Å². The van der Waals surface area contributed by atoms with Crippen molar-refractivity contribution < 1.29 is 8.42 Å². The first-order valence-electron chi connectivity index (χ1n) is 7.89. The van der Waals surface area contributed by atoms with Gasteiger partial charge in [-0.25, -0.2) is 13.1 Å². The first-order valence-corrected chi connectivity index (χ1v) is 9.37. The van der Waals surface area contributed by atoms with Crippen LogP contribution in [0.5, 0.6) is 0 Å². The summed E-state index contributed by atoms with van der Waals surface area (Å²) in [7, 11) is -3.39. The van der Waals surface area contributed by atoms with E-state index < -0.39 is 10.0 Å². The summed E-state index contributed by atoms with van der Waals surface area (Å²) in [5, 5.41) is 7.58. The lowest BCUT2D eigenvalue weighted by atomic mass is 10.3. The Bertz CT molecular complexity index is 561. The van der Waals surface area contributed by atoms with Gasteiger partial charge in [-0.3, -0.25) is 4.68 Å². The van der Waals surface area contributed by atoms with Gasteiger partial charge in [0.25, 0.3) is 0 Å². The quantitative estimate of drug-likeness (QED) is 0.635. The number of hydrogen-bond donors (Lipinski definition) is 2. The van der Waals surface area contributed by atoms with Gasteiger partial charge in [-0.15, -0.1) is 0 Å². The fourth-order valence-electron chi connectivity index (χ4n) is 2.33. The van der Waals surface area contributed by atoms with E-state index in [-0.39, 0.29) is 4.90 Å². The number of aryl methyl sites for hydroxylation is 1. The second-order valence-electron chi connectivity index (χ2n) is 6.15. The topological polar surface area (TPSA) is 76.0 Å². The highest BCUT2D eigenvalue weighted by molar-refractivity contribution is 7.89. The molecular weight excluding hydrogens is 288 g/mol. The maximum atomic E-state index is 12.1. The molecule has 21 heavy (non-hydrogen) atoms. The predicted molar refractivity (Wildman–Crippen MR) is 80.4 cm³/mol. The van der Waals surface area contributed by atoms with Gasteiger partial charge >= 0.3 is 0 Å². The normalized spacial score (nSPS) is 19.0. The molecule has 2 aliphatic rings. The third kappa shape index (κ3) is 4.79. The van der Waals surface area contributed by atoms with E-state index in [4.69, 9.17) is 0 Å². The third-order valence-corrected chi connectivity index (χ3v) is 5.45. The van der Waals surface area contributed by atoms with Crippen molar-refractivity contribution in [1.29, 1.82) is 0 Å². The van der Waals surface area contributed by atoms with Crippen molar-refractivity contribution in [2.75, 3.05) is 13.1 Å². The van der Waals surface area contributed by atoms with Gasteiger partial charge in [0.15, 0.2) is 0 Å². The maximum absolute atomic E-state index is 12.1. The summed E-state index contributed by atoms with van der Waals surface area (Å²) in [6.07, 6.45) is 10.0. The van der Waals surface area contributed by atoms with Crippen LogP contribution in [-0.4, -0.2) is 37.3 Å². The largest absolute Gasteiger partial charge is 0.314 e. The van der Waals surface area contributed by atoms with E-state index in [1.165, 1.54) is 31.9 Å². The lowest BCUT2D eigenvalue weighted by Gasteiger charge is -2.04. The highest BCUT2D eigenvalue weighted by atomic mass is 32.2. The van der Waals surface area contributed by atoms with Gasteiger partial charge in [0, 0.05) is 25.3 Å². The summed E-state index contributed by atoms with van der Waals surface area (Å²) < 4.78 is 28.6. The molecule has 0 atom stereocenters. The number of nitrogens with zero attached hydrogens (tertiary/aromatic N) is 2. The molecule has 0 spiro atoms. The molecule has 7 heteroatoms. The predicted octanol–water partition coefficient (Wildman–Crippen LogP) is 1.10. The van der Waals surface area contributed by atoms with Crippen LogP contribution in [0.25, 0.3) is 0 Å². The molecule has 3 rings (SSSR count). The molecule has 2 fully saturated rings. The molecule has 0 unspecified atom stereocenters. The minimum absolute atomic E-state index is 0.272. The highest BCUT2D eigenvalue weighted by Gasteiger charge is 2.22. The van der Waals surface area contributed by atoms with E-state index in [9.17, 15) is 8.42 Å². The summed E-state index contributed by atoms with van der Waals surface area (Å²) in [6, 6.07) is 0.717. The van der Waals surface area contributed by atoms with Gasteiger partial charge in [0.1, 0.15) is 4.90 Å². The summed E-state index contributed by atoms with van der Waals surface area (Å²) in [6.45, 7) is 2.24. The zero-order valence-corrected chi connectivity index (χ0v) is 13.1. The van der Waals surface area contributed by atoms with Crippen molar-refractivity contribution in [3.05, 3.63) is 12.4 Å². The van der Waals surface area contributed by atoms with Crippen LogP contribution < -0.4 is 10.0 Å². The zero-order chi connectivity index (χ0) is 14.7. The Balaban J connectivity index is 1.43. The molecule has 1 aromatic heterocycles. The Morgan fingerprint density at radius 2 is 2.05 bits per heavy atom. The number of aromatic nitrogens is 2. The zero-order valence-electron chi connectivity index (χ0n) is 12.3. The lowest BCUT2D eigenvalue weighted by Crippen LogP contribution is -2.24. The van der Waals surface area contributed by atoms with Crippen LogP contribution in [0.4, 0.5) is 0 Å². The van der Waals surface area contributed by atoms with Gasteiger partial charge in [-0.1, -0.05) is 12.8 Å². The molecule has 0 aromatic carbocycles. The molecule has 0 aliphatic heterocycles. The van der Waals surface area contributed by atoms with E-state index in [0.29, 0.717) is 12.6 Å². The minimum Gasteiger partial charge on any atom is -0.314 e. The number of nitrogens with one attached hydrogen (secondary N) is 2. The van der Waals surface area contributed by atoms with Crippen LogP contribution in [0, 0.1) is 5.92 Å². The molecule has 0 amide bonds. The Morgan fingerprint density at radius 3 is 2.76 bits per heavy atom. The monoisotopic (exact) mass is 312 g/mol. The second kappa shape index (κ2) is 6.46. The van der Waals surface area contributed by atoms with E-state index in [2.05, 4.69) is 15.1 Å². The third-order valence-electron chi connectivity index (χ3n) is 4.04. The van der Waals surface area contributed by atoms with Crippen molar-refractivity contribution >= 4 is 10.0 Å². The van der Waals surface area contributed by atoms with Crippen molar-refractivity contribution in [3.8, 4) is 0 Å². The van der Waals surface area contributed by atoms with Gasteiger partial charge in [0.2, 0.25) is 10.0 Å². The number of hydrogen-bond acceptors (Lipinski definition) is 4. The van der Waals surface area contributed by atoms with Crippen LogP contribution >= 0.6 is 0 Å². The lowest BCUT2D eigenvalue weighted by molar-refractivity contribution is 0.541. The Labute approximate surface area is 126 Å². The fraction of sp³-hybridized carbons (Fsp3) is 0.786. The van der Waals surface area contributed by atoms with Gasteiger partial charge in [0.05, 0.1) is 6.20 Å². The van der Waals surface area contributed by atoms with E-state index in [1.807, 2.05) is 0 Å². The molecule has 1 heterocycles. The first-order chi connectivity index (χ1) is 10.1. The van der Waals surface area contributed by atoms with Gasteiger partial charge in [-0.2, -0.15) is 5.10 Å². The standard InChI is InChI=1S/C14H24N4O2S/c19-21(20,17-8-6-12-2-3-12)14-10-16-18(11-14)9-1-7-15-13-4-5-13/h10-13,15,17H,1-9H2. The molecular formula is C14H24N4O2S. The number of sulfonamides is 1. The molecule has 6 nitrogen and oxygen atoms in total. The van der Waals surface area contributed by atoms with Crippen LogP contribution in [0.15, 0.2) is 17.3 Å². The van der Waals surface area contributed by atoms with E-state index in [0.717, 1.165) is 31.8 Å². The highest BCUT2D eigenvalue weighted by Crippen LogP contribution is 2.31. The number of rotatable bonds is 10. The van der Waals surface area contributed by atoms with E-state index >= 15 is 0 Å². The van der Waals surface area contributed by atoms with Crippen LogP contribution in [-0.2, 0) is 16.6 Å². The summed E-state index contributed by atoms with van der Waals surface area (Å²) in [5.41, 5.74) is 0. The van der Waals surface area contributed by atoms with Crippen LogP contribution in [0.1, 0.15) is 38.5 Å². The summed E-state index contributed by atoms with van der Waals surface area (Å²) in [4.78, 5) is 0.272. The summed E-state index contributed by atoms with van der Waals surface area (Å²) >= 11 is 0. The van der Waals surface area contributed by atoms with Gasteiger partial charge in [-0.05, 0) is 38.1 Å². The molecule has 118 valence electrons. The van der Waals surface area contributed by atoms with E-state index in [1.54, 1.807) is 10.9 Å². The van der Waals surface area contributed by atoms with Gasteiger partial charge < -0.3 is 5.32 Å². The van der Waals surface area contributed by atoms with Crippen molar-refractivity contribution in [1.82, 2.24) is 19.8 Å². The SMILES string of the molecule is O=S(=O)(NCCC1CC1)c1cnn(CCCNC2CC2)c1. The maximum Gasteiger partial charge on any atom is 0.243 e. The first kappa shape index (κ1) is 15.0. The minimum atomic E-state index is -3.39. The fourth-order valence-corrected chi connectivity index (χ4v) is 3.33. The average molecular weight is 312 g/mol. The van der Waals surface area contributed by atoms with Crippen molar-refractivity contribution in [2.24, 2.45) is 5.92 Å².